The summed E-state index contributed by atoms with van der Waals surface area (Å²) in [6.07, 6.45) is 6.70. The number of esters is 1. The zero-order valence-corrected chi connectivity index (χ0v) is 17.8. The van der Waals surface area contributed by atoms with E-state index in [4.69, 9.17) is 4.74 Å². The van der Waals surface area contributed by atoms with Gasteiger partial charge < -0.3 is 9.84 Å². The van der Waals surface area contributed by atoms with Crippen LogP contribution in [-0.2, 0) is 10.4 Å². The van der Waals surface area contributed by atoms with Gasteiger partial charge in [0.25, 0.3) is 0 Å². The molecule has 4 saturated carbocycles. The molecule has 3 nitrogen and oxygen atoms in total. The SMILES string of the molecule is CCC(C)(C)C(=O)Oc1ccc(C2(O)C3CC4CC(C3)CC2C4)c2ccccc12. The largest absolute Gasteiger partial charge is 0.425 e. The molecule has 0 spiro atoms. The molecule has 2 aromatic carbocycles. The van der Waals surface area contributed by atoms with Crippen molar-refractivity contribution in [2.45, 2.75) is 64.9 Å². The van der Waals surface area contributed by atoms with E-state index in [1.807, 2.05) is 51.1 Å². The zero-order valence-electron chi connectivity index (χ0n) is 17.8. The van der Waals surface area contributed by atoms with Crippen LogP contribution in [0.3, 0.4) is 0 Å². The highest BCUT2D eigenvalue weighted by atomic mass is 16.5. The Balaban J connectivity index is 1.58. The lowest BCUT2D eigenvalue weighted by atomic mass is 9.48. The number of hydrogen-bond donors (Lipinski definition) is 1. The molecule has 0 amide bonds. The van der Waals surface area contributed by atoms with Gasteiger partial charge in [-0.1, -0.05) is 37.3 Å². The van der Waals surface area contributed by atoms with E-state index in [0.717, 1.165) is 60.3 Å². The van der Waals surface area contributed by atoms with Crippen LogP contribution in [0.25, 0.3) is 10.8 Å². The molecule has 0 saturated heterocycles. The summed E-state index contributed by atoms with van der Waals surface area (Å²) < 4.78 is 5.86. The third kappa shape index (κ3) is 2.84. The number of hydrogen-bond acceptors (Lipinski definition) is 3. The number of aliphatic hydroxyl groups is 1. The predicted octanol–water partition coefficient (Wildman–Crippen LogP) is 5.83. The van der Waals surface area contributed by atoms with Gasteiger partial charge in [0.15, 0.2) is 0 Å². The van der Waals surface area contributed by atoms with Gasteiger partial charge in [-0.25, -0.2) is 0 Å². The molecule has 4 bridgehead atoms. The molecule has 3 heteroatoms. The number of carbonyl (C=O) groups is 1. The fraction of sp³-hybridized carbons (Fsp3) is 0.577. The van der Waals surface area contributed by atoms with Crippen molar-refractivity contribution in [2.24, 2.45) is 29.1 Å². The minimum atomic E-state index is -0.752. The fourth-order valence-corrected chi connectivity index (χ4v) is 6.43. The predicted molar refractivity (Wildman–Crippen MR) is 115 cm³/mol. The van der Waals surface area contributed by atoms with E-state index in [-0.39, 0.29) is 5.97 Å². The van der Waals surface area contributed by atoms with Crippen molar-refractivity contribution < 1.29 is 14.6 Å². The maximum atomic E-state index is 12.7. The van der Waals surface area contributed by atoms with Crippen LogP contribution in [0.4, 0.5) is 0 Å². The molecule has 4 aliphatic rings. The van der Waals surface area contributed by atoms with Gasteiger partial charge in [-0.15, -0.1) is 0 Å². The van der Waals surface area contributed by atoms with E-state index in [1.165, 1.54) is 6.42 Å². The van der Waals surface area contributed by atoms with Crippen molar-refractivity contribution in [1.82, 2.24) is 0 Å². The second-order valence-electron chi connectivity index (χ2n) is 10.4. The first kappa shape index (κ1) is 19.1. The van der Waals surface area contributed by atoms with E-state index in [9.17, 15) is 9.90 Å². The molecule has 2 aromatic rings. The Morgan fingerprint density at radius 2 is 1.59 bits per heavy atom. The van der Waals surface area contributed by atoms with Crippen molar-refractivity contribution >= 4 is 16.7 Å². The number of ether oxygens (including phenoxy) is 1. The van der Waals surface area contributed by atoms with Crippen LogP contribution in [-0.4, -0.2) is 11.1 Å². The Kier molecular flexibility index (Phi) is 4.33. The molecule has 0 unspecified atom stereocenters. The summed E-state index contributed by atoms with van der Waals surface area (Å²) in [7, 11) is 0. The smallest absolute Gasteiger partial charge is 0.316 e. The van der Waals surface area contributed by atoms with E-state index in [1.54, 1.807) is 0 Å². The molecule has 6 rings (SSSR count). The lowest BCUT2D eigenvalue weighted by Gasteiger charge is -2.59. The number of rotatable bonds is 4. The van der Waals surface area contributed by atoms with E-state index >= 15 is 0 Å². The van der Waals surface area contributed by atoms with Gasteiger partial charge >= 0.3 is 5.97 Å². The van der Waals surface area contributed by atoms with Gasteiger partial charge in [-0.05, 0) is 93.1 Å². The van der Waals surface area contributed by atoms with Crippen LogP contribution in [0.1, 0.15) is 64.9 Å². The molecular weight excluding hydrogens is 360 g/mol. The third-order valence-corrected chi connectivity index (χ3v) is 8.34. The first-order valence-electron chi connectivity index (χ1n) is 11.3. The summed E-state index contributed by atoms with van der Waals surface area (Å²) >= 11 is 0. The molecule has 0 aliphatic heterocycles. The van der Waals surface area contributed by atoms with Gasteiger partial charge in [-0.3, -0.25) is 4.79 Å². The Hall–Kier alpha value is -1.87. The summed E-state index contributed by atoms with van der Waals surface area (Å²) in [4.78, 5) is 12.7. The van der Waals surface area contributed by atoms with Crippen LogP contribution >= 0.6 is 0 Å². The van der Waals surface area contributed by atoms with E-state index < -0.39 is 11.0 Å². The highest BCUT2D eigenvalue weighted by molar-refractivity contribution is 5.94. The summed E-state index contributed by atoms with van der Waals surface area (Å²) in [6.45, 7) is 5.84. The van der Waals surface area contributed by atoms with Gasteiger partial charge in [0, 0.05) is 5.39 Å². The lowest BCUT2D eigenvalue weighted by molar-refractivity contribution is -0.178. The van der Waals surface area contributed by atoms with Crippen molar-refractivity contribution in [3.8, 4) is 5.75 Å². The highest BCUT2D eigenvalue weighted by Gasteiger charge is 2.57. The molecule has 0 atom stereocenters. The molecule has 0 aromatic heterocycles. The number of fused-ring (bicyclic) bond motifs is 1. The van der Waals surface area contributed by atoms with Crippen LogP contribution in [0, 0.1) is 29.1 Å². The van der Waals surface area contributed by atoms with Gasteiger partial charge in [0.2, 0.25) is 0 Å². The molecule has 154 valence electrons. The molecule has 29 heavy (non-hydrogen) atoms. The Morgan fingerprint density at radius 1 is 1.00 bits per heavy atom. The maximum Gasteiger partial charge on any atom is 0.316 e. The van der Waals surface area contributed by atoms with Gasteiger partial charge in [0.1, 0.15) is 5.75 Å². The topological polar surface area (TPSA) is 46.5 Å². The molecule has 0 radical (unpaired) electrons. The third-order valence-electron chi connectivity index (χ3n) is 8.34. The second kappa shape index (κ2) is 6.57. The molecular formula is C26H32O3. The summed E-state index contributed by atoms with van der Waals surface area (Å²) in [5, 5.41) is 14.0. The second-order valence-corrected chi connectivity index (χ2v) is 10.4. The zero-order chi connectivity index (χ0) is 20.4. The summed E-state index contributed by atoms with van der Waals surface area (Å²) in [5.74, 6) is 2.72. The normalized spacial score (nSPS) is 33.2. The Bertz CT molecular complexity index is 930. The molecule has 0 heterocycles. The van der Waals surface area contributed by atoms with E-state index in [0.29, 0.717) is 17.6 Å². The molecule has 4 aliphatic carbocycles. The minimum absolute atomic E-state index is 0.203. The first-order chi connectivity index (χ1) is 13.8. The molecule has 4 fully saturated rings. The maximum absolute atomic E-state index is 12.7. The quantitative estimate of drug-likeness (QED) is 0.526. The van der Waals surface area contributed by atoms with Crippen molar-refractivity contribution in [3.63, 3.8) is 0 Å². The van der Waals surface area contributed by atoms with Crippen LogP contribution in [0.15, 0.2) is 36.4 Å². The van der Waals surface area contributed by atoms with Crippen LogP contribution in [0.2, 0.25) is 0 Å². The standard InChI is InChI=1S/C26H32O3/c1-4-25(2,3)24(27)29-23-10-9-22(20-7-5-6-8-21(20)23)26(28)18-12-16-11-17(14-18)15-19(26)13-16/h5-10,16-19,28H,4,11-15H2,1-3H3. The summed E-state index contributed by atoms with van der Waals surface area (Å²) in [5.41, 5.74) is -0.228. The van der Waals surface area contributed by atoms with Gasteiger partial charge in [0.05, 0.1) is 11.0 Å². The van der Waals surface area contributed by atoms with Crippen LogP contribution < -0.4 is 4.74 Å². The van der Waals surface area contributed by atoms with Gasteiger partial charge in [-0.2, -0.15) is 0 Å². The average Bonchev–Trinajstić information content (AvgIpc) is 2.71. The van der Waals surface area contributed by atoms with Crippen LogP contribution in [0.5, 0.6) is 5.75 Å². The summed E-state index contributed by atoms with van der Waals surface area (Å²) in [6, 6.07) is 12.0. The van der Waals surface area contributed by atoms with Crippen molar-refractivity contribution in [1.29, 1.82) is 0 Å². The number of carbonyl (C=O) groups excluding carboxylic acids is 1. The Morgan fingerprint density at radius 3 is 2.17 bits per heavy atom. The number of benzene rings is 2. The lowest BCUT2D eigenvalue weighted by Crippen LogP contribution is -2.55. The monoisotopic (exact) mass is 392 g/mol. The van der Waals surface area contributed by atoms with Crippen molar-refractivity contribution in [2.75, 3.05) is 0 Å². The van der Waals surface area contributed by atoms with E-state index in [2.05, 4.69) is 6.07 Å². The fourth-order valence-electron chi connectivity index (χ4n) is 6.43. The Labute approximate surface area is 173 Å². The highest BCUT2D eigenvalue weighted by Crippen LogP contribution is 2.62. The first-order valence-corrected chi connectivity index (χ1v) is 11.3. The average molecular weight is 393 g/mol. The van der Waals surface area contributed by atoms with Crippen molar-refractivity contribution in [3.05, 3.63) is 42.0 Å². The molecule has 1 N–H and O–H groups in total. The minimum Gasteiger partial charge on any atom is -0.425 e.